The van der Waals surface area contributed by atoms with Gasteiger partial charge in [0.05, 0.1) is 17.7 Å². The molecule has 0 aliphatic heterocycles. The lowest BCUT2D eigenvalue weighted by molar-refractivity contribution is 0.0526. The Morgan fingerprint density at radius 1 is 1.12 bits per heavy atom. The molecule has 7 nitrogen and oxygen atoms in total. The van der Waals surface area contributed by atoms with Crippen LogP contribution in [0.1, 0.15) is 27.6 Å². The number of hydrogen-bond donors (Lipinski definition) is 1. The molecule has 0 bridgehead atoms. The molecular formula is C18H15BrN4O3. The smallest absolute Gasteiger partial charge is 0.338 e. The molecule has 0 aliphatic rings. The van der Waals surface area contributed by atoms with Crippen molar-refractivity contribution in [3.8, 4) is 5.69 Å². The second-order valence-corrected chi connectivity index (χ2v) is 6.14. The molecule has 0 saturated heterocycles. The Morgan fingerprint density at radius 3 is 2.46 bits per heavy atom. The van der Waals surface area contributed by atoms with Crippen molar-refractivity contribution in [2.24, 2.45) is 0 Å². The van der Waals surface area contributed by atoms with Crippen LogP contribution in [0.4, 0.5) is 5.69 Å². The van der Waals surface area contributed by atoms with Gasteiger partial charge in [-0.05, 0) is 65.3 Å². The molecule has 0 aliphatic carbocycles. The fourth-order valence-electron chi connectivity index (χ4n) is 2.28. The summed E-state index contributed by atoms with van der Waals surface area (Å²) in [6.45, 7) is 2.06. The van der Waals surface area contributed by atoms with Gasteiger partial charge in [-0.3, -0.25) is 9.36 Å². The Morgan fingerprint density at radius 2 is 1.81 bits per heavy atom. The zero-order chi connectivity index (χ0) is 18.5. The number of ether oxygens (including phenoxy) is 1. The minimum Gasteiger partial charge on any atom is -0.462 e. The minimum atomic E-state index is -0.394. The molecule has 0 saturated carbocycles. The molecule has 8 heteroatoms. The van der Waals surface area contributed by atoms with Gasteiger partial charge in [0.2, 0.25) is 0 Å². The number of aromatic nitrogens is 3. The average Bonchev–Trinajstić information content (AvgIpc) is 3.17. The summed E-state index contributed by atoms with van der Waals surface area (Å²) in [7, 11) is 0. The van der Waals surface area contributed by atoms with Gasteiger partial charge in [-0.15, -0.1) is 10.2 Å². The third-order valence-corrected chi connectivity index (χ3v) is 4.26. The van der Waals surface area contributed by atoms with E-state index in [-0.39, 0.29) is 5.91 Å². The molecule has 1 aromatic heterocycles. The van der Waals surface area contributed by atoms with Crippen LogP contribution < -0.4 is 5.32 Å². The molecule has 3 rings (SSSR count). The Balaban J connectivity index is 1.78. The first-order valence-electron chi connectivity index (χ1n) is 7.81. The van der Waals surface area contributed by atoms with Crippen molar-refractivity contribution < 1.29 is 14.3 Å². The zero-order valence-corrected chi connectivity index (χ0v) is 15.4. The van der Waals surface area contributed by atoms with Crippen molar-refractivity contribution >= 4 is 33.5 Å². The molecule has 0 fully saturated rings. The fourth-order valence-corrected chi connectivity index (χ4v) is 2.71. The summed E-state index contributed by atoms with van der Waals surface area (Å²) < 4.78 is 7.31. The fraction of sp³-hybridized carbons (Fsp3) is 0.111. The molecule has 0 unspecified atom stereocenters. The lowest BCUT2D eigenvalue weighted by atomic mass is 10.1. The number of esters is 1. The highest BCUT2D eigenvalue weighted by Crippen LogP contribution is 2.22. The highest BCUT2D eigenvalue weighted by molar-refractivity contribution is 9.10. The van der Waals surface area contributed by atoms with Crippen LogP contribution in [0.3, 0.4) is 0 Å². The molecule has 0 atom stereocenters. The van der Waals surface area contributed by atoms with E-state index in [4.69, 9.17) is 4.74 Å². The van der Waals surface area contributed by atoms with Gasteiger partial charge >= 0.3 is 5.97 Å². The van der Waals surface area contributed by atoms with Crippen LogP contribution >= 0.6 is 15.9 Å². The Bertz CT molecular complexity index is 924. The van der Waals surface area contributed by atoms with Gasteiger partial charge < -0.3 is 10.1 Å². The van der Waals surface area contributed by atoms with Crippen LogP contribution in [-0.2, 0) is 4.74 Å². The lowest BCUT2D eigenvalue weighted by Gasteiger charge is -2.10. The van der Waals surface area contributed by atoms with E-state index >= 15 is 0 Å². The Labute approximate surface area is 158 Å². The first-order chi connectivity index (χ1) is 12.6. The van der Waals surface area contributed by atoms with E-state index in [0.29, 0.717) is 27.9 Å². The SMILES string of the molecule is CCOC(=O)c1ccc(NC(=O)c2cc(-n3cnnc3)ccc2Br)cc1. The topological polar surface area (TPSA) is 86.1 Å². The van der Waals surface area contributed by atoms with Gasteiger partial charge in [0, 0.05) is 15.8 Å². The number of carbonyl (C=O) groups is 2. The van der Waals surface area contributed by atoms with Crippen molar-refractivity contribution in [2.45, 2.75) is 6.92 Å². The Hall–Kier alpha value is -3.00. The molecular weight excluding hydrogens is 400 g/mol. The summed E-state index contributed by atoms with van der Waals surface area (Å²) in [5.41, 5.74) is 2.23. The number of nitrogens with zero attached hydrogens (tertiary/aromatic N) is 3. The van der Waals surface area contributed by atoms with Gasteiger partial charge in [0.25, 0.3) is 5.91 Å². The predicted molar refractivity (Wildman–Crippen MR) is 99.4 cm³/mol. The van der Waals surface area contributed by atoms with Crippen molar-refractivity contribution in [3.05, 3.63) is 70.7 Å². The van der Waals surface area contributed by atoms with E-state index in [1.807, 2.05) is 6.07 Å². The van der Waals surface area contributed by atoms with E-state index < -0.39 is 5.97 Å². The summed E-state index contributed by atoms with van der Waals surface area (Å²) in [5.74, 6) is -0.676. The molecule has 26 heavy (non-hydrogen) atoms. The van der Waals surface area contributed by atoms with Gasteiger partial charge in [-0.2, -0.15) is 0 Å². The maximum Gasteiger partial charge on any atom is 0.338 e. The van der Waals surface area contributed by atoms with Crippen LogP contribution in [0.15, 0.2) is 59.6 Å². The van der Waals surface area contributed by atoms with E-state index in [1.54, 1.807) is 60.5 Å². The van der Waals surface area contributed by atoms with Crippen molar-refractivity contribution in [1.82, 2.24) is 14.8 Å². The number of benzene rings is 2. The van der Waals surface area contributed by atoms with E-state index in [2.05, 4.69) is 31.4 Å². The largest absolute Gasteiger partial charge is 0.462 e. The highest BCUT2D eigenvalue weighted by Gasteiger charge is 2.13. The van der Waals surface area contributed by atoms with Crippen LogP contribution in [0.5, 0.6) is 0 Å². The maximum atomic E-state index is 12.6. The summed E-state index contributed by atoms with van der Waals surface area (Å²) in [6.07, 6.45) is 3.11. The first kappa shape index (κ1) is 17.8. The average molecular weight is 415 g/mol. The number of carbonyl (C=O) groups excluding carboxylic acids is 2. The maximum absolute atomic E-state index is 12.6. The van der Waals surface area contributed by atoms with Gasteiger partial charge in [0.1, 0.15) is 12.7 Å². The van der Waals surface area contributed by atoms with Gasteiger partial charge in [-0.25, -0.2) is 4.79 Å². The molecule has 1 heterocycles. The Kier molecular flexibility index (Phi) is 5.43. The van der Waals surface area contributed by atoms with Gasteiger partial charge in [0.15, 0.2) is 0 Å². The third kappa shape index (κ3) is 3.97. The van der Waals surface area contributed by atoms with Gasteiger partial charge in [-0.1, -0.05) is 0 Å². The summed E-state index contributed by atoms with van der Waals surface area (Å²) >= 11 is 3.39. The van der Waals surface area contributed by atoms with E-state index in [0.717, 1.165) is 5.69 Å². The molecule has 0 spiro atoms. The van der Waals surface area contributed by atoms with Crippen LogP contribution in [0.2, 0.25) is 0 Å². The second kappa shape index (κ2) is 7.92. The van der Waals surface area contributed by atoms with Crippen molar-refractivity contribution in [3.63, 3.8) is 0 Å². The summed E-state index contributed by atoms with van der Waals surface area (Å²) in [4.78, 5) is 24.3. The van der Waals surface area contributed by atoms with Crippen molar-refractivity contribution in [2.75, 3.05) is 11.9 Å². The second-order valence-electron chi connectivity index (χ2n) is 5.29. The molecule has 1 amide bonds. The summed E-state index contributed by atoms with van der Waals surface area (Å²) in [6, 6.07) is 11.9. The zero-order valence-electron chi connectivity index (χ0n) is 13.8. The van der Waals surface area contributed by atoms with Crippen LogP contribution in [0, 0.1) is 0 Å². The normalized spacial score (nSPS) is 10.4. The van der Waals surface area contributed by atoms with Crippen LogP contribution in [-0.4, -0.2) is 33.2 Å². The molecule has 3 aromatic rings. The molecule has 2 aromatic carbocycles. The van der Waals surface area contributed by atoms with Crippen molar-refractivity contribution in [1.29, 1.82) is 0 Å². The minimum absolute atomic E-state index is 0.282. The number of nitrogens with one attached hydrogen (secondary N) is 1. The number of halogens is 1. The van der Waals surface area contributed by atoms with Crippen LogP contribution in [0.25, 0.3) is 5.69 Å². The lowest BCUT2D eigenvalue weighted by Crippen LogP contribution is -2.13. The number of amides is 1. The number of anilines is 1. The predicted octanol–water partition coefficient (Wildman–Crippen LogP) is 3.46. The third-order valence-electron chi connectivity index (χ3n) is 3.57. The number of rotatable bonds is 5. The number of hydrogen-bond acceptors (Lipinski definition) is 5. The highest BCUT2D eigenvalue weighted by atomic mass is 79.9. The summed E-state index contributed by atoms with van der Waals surface area (Å²) in [5, 5.41) is 10.3. The standard InChI is InChI=1S/C18H15BrN4O3/c1-2-26-18(25)12-3-5-13(6-4-12)22-17(24)15-9-14(7-8-16(15)19)23-10-20-21-11-23/h3-11H,2H2,1H3,(H,22,24). The molecule has 132 valence electrons. The first-order valence-corrected chi connectivity index (χ1v) is 8.61. The monoisotopic (exact) mass is 414 g/mol. The molecule has 1 N–H and O–H groups in total. The van der Waals surface area contributed by atoms with E-state index in [1.165, 1.54) is 0 Å². The quantitative estimate of drug-likeness (QED) is 0.645. The molecule has 0 radical (unpaired) electrons. The van der Waals surface area contributed by atoms with E-state index in [9.17, 15) is 9.59 Å².